The Morgan fingerprint density at radius 2 is 2.27 bits per heavy atom. The largest absolute Gasteiger partial charge is 0.327 e. The van der Waals surface area contributed by atoms with E-state index in [1.165, 1.54) is 31.4 Å². The molecule has 1 fully saturated rings. The van der Waals surface area contributed by atoms with Gasteiger partial charge >= 0.3 is 0 Å². The molecule has 11 heavy (non-hydrogen) atoms. The third kappa shape index (κ3) is 4.70. The SMILES string of the molecule is CCSCC(N)CCC1CC1. The second kappa shape index (κ2) is 5.04. The monoisotopic (exact) mass is 173 g/mol. The van der Waals surface area contributed by atoms with E-state index in [1.54, 1.807) is 0 Å². The van der Waals surface area contributed by atoms with Crippen LogP contribution in [0.25, 0.3) is 0 Å². The average molecular weight is 173 g/mol. The molecule has 1 aliphatic carbocycles. The van der Waals surface area contributed by atoms with Crippen molar-refractivity contribution in [3.8, 4) is 0 Å². The highest BCUT2D eigenvalue weighted by molar-refractivity contribution is 7.99. The molecule has 0 spiro atoms. The fourth-order valence-corrected chi connectivity index (χ4v) is 1.91. The summed E-state index contributed by atoms with van der Waals surface area (Å²) < 4.78 is 0. The fraction of sp³-hybridized carbons (Fsp3) is 1.00. The van der Waals surface area contributed by atoms with Gasteiger partial charge in [0.1, 0.15) is 0 Å². The van der Waals surface area contributed by atoms with E-state index in [2.05, 4.69) is 6.92 Å². The minimum absolute atomic E-state index is 0.459. The van der Waals surface area contributed by atoms with E-state index in [-0.39, 0.29) is 0 Å². The predicted molar refractivity (Wildman–Crippen MR) is 52.9 cm³/mol. The first-order valence-corrected chi connectivity index (χ1v) is 5.81. The van der Waals surface area contributed by atoms with Crippen molar-refractivity contribution in [1.29, 1.82) is 0 Å². The lowest BCUT2D eigenvalue weighted by atomic mass is 10.1. The Hall–Kier alpha value is 0.310. The van der Waals surface area contributed by atoms with E-state index in [0.717, 1.165) is 11.7 Å². The Bertz CT molecular complexity index is 102. The maximum Gasteiger partial charge on any atom is 0.0130 e. The summed E-state index contributed by atoms with van der Waals surface area (Å²) in [6.45, 7) is 2.19. The molecule has 1 aliphatic rings. The zero-order valence-corrected chi connectivity index (χ0v) is 8.20. The van der Waals surface area contributed by atoms with E-state index in [0.29, 0.717) is 6.04 Å². The molecule has 2 heteroatoms. The van der Waals surface area contributed by atoms with Crippen molar-refractivity contribution in [1.82, 2.24) is 0 Å². The number of hydrogen-bond acceptors (Lipinski definition) is 2. The molecule has 0 saturated heterocycles. The summed E-state index contributed by atoms with van der Waals surface area (Å²) in [5.74, 6) is 3.41. The molecule has 0 radical (unpaired) electrons. The van der Waals surface area contributed by atoms with Crippen molar-refractivity contribution in [3.05, 3.63) is 0 Å². The van der Waals surface area contributed by atoms with Crippen LogP contribution in [0, 0.1) is 5.92 Å². The molecule has 1 rings (SSSR count). The van der Waals surface area contributed by atoms with Gasteiger partial charge in [-0.1, -0.05) is 19.8 Å². The van der Waals surface area contributed by atoms with Crippen LogP contribution in [-0.4, -0.2) is 17.5 Å². The zero-order valence-electron chi connectivity index (χ0n) is 7.38. The van der Waals surface area contributed by atoms with Gasteiger partial charge in [0.2, 0.25) is 0 Å². The van der Waals surface area contributed by atoms with Crippen LogP contribution in [-0.2, 0) is 0 Å². The molecule has 0 aromatic rings. The zero-order chi connectivity index (χ0) is 8.10. The lowest BCUT2D eigenvalue weighted by Crippen LogP contribution is -2.22. The molecule has 66 valence electrons. The van der Waals surface area contributed by atoms with Crippen molar-refractivity contribution in [2.24, 2.45) is 11.7 Å². The molecule has 2 N–H and O–H groups in total. The van der Waals surface area contributed by atoms with E-state index in [1.807, 2.05) is 11.8 Å². The molecule has 0 aromatic heterocycles. The van der Waals surface area contributed by atoms with Gasteiger partial charge in [-0.15, -0.1) is 0 Å². The van der Waals surface area contributed by atoms with Crippen LogP contribution in [0.5, 0.6) is 0 Å². The van der Waals surface area contributed by atoms with Gasteiger partial charge in [0.15, 0.2) is 0 Å². The number of thioether (sulfide) groups is 1. The first kappa shape index (κ1) is 9.40. The van der Waals surface area contributed by atoms with Crippen molar-refractivity contribution < 1.29 is 0 Å². The van der Waals surface area contributed by atoms with E-state index < -0.39 is 0 Å². The summed E-state index contributed by atoms with van der Waals surface area (Å²) in [6.07, 6.45) is 5.56. The normalized spacial score (nSPS) is 20.2. The maximum atomic E-state index is 5.92. The van der Waals surface area contributed by atoms with Gasteiger partial charge in [-0.05, 0) is 24.5 Å². The topological polar surface area (TPSA) is 26.0 Å². The Labute approximate surface area is 74.1 Å². The number of hydrogen-bond donors (Lipinski definition) is 1. The second-order valence-corrected chi connectivity index (χ2v) is 4.76. The molecule has 0 aliphatic heterocycles. The molecular formula is C9H19NS. The summed E-state index contributed by atoms with van der Waals surface area (Å²) >= 11 is 1.96. The molecule has 1 unspecified atom stereocenters. The van der Waals surface area contributed by atoms with E-state index >= 15 is 0 Å². The Kier molecular flexibility index (Phi) is 4.31. The van der Waals surface area contributed by atoms with Crippen LogP contribution >= 0.6 is 11.8 Å². The molecule has 0 aromatic carbocycles. The smallest absolute Gasteiger partial charge is 0.0130 e. The van der Waals surface area contributed by atoms with Gasteiger partial charge < -0.3 is 5.73 Å². The van der Waals surface area contributed by atoms with Crippen molar-refractivity contribution in [2.45, 2.75) is 38.6 Å². The van der Waals surface area contributed by atoms with Crippen LogP contribution < -0.4 is 5.73 Å². The Morgan fingerprint density at radius 3 is 2.82 bits per heavy atom. The quantitative estimate of drug-likeness (QED) is 0.667. The van der Waals surface area contributed by atoms with Crippen LogP contribution in [0.4, 0.5) is 0 Å². The second-order valence-electron chi connectivity index (χ2n) is 3.44. The lowest BCUT2D eigenvalue weighted by molar-refractivity contribution is 0.591. The number of nitrogens with two attached hydrogens (primary N) is 1. The average Bonchev–Trinajstić information content (AvgIpc) is 2.80. The summed E-state index contributed by atoms with van der Waals surface area (Å²) in [5.41, 5.74) is 5.92. The van der Waals surface area contributed by atoms with Crippen LogP contribution in [0.1, 0.15) is 32.6 Å². The molecule has 1 atom stereocenters. The summed E-state index contributed by atoms with van der Waals surface area (Å²) in [4.78, 5) is 0. The third-order valence-corrected chi connectivity index (χ3v) is 3.25. The molecule has 0 bridgehead atoms. The number of rotatable bonds is 6. The van der Waals surface area contributed by atoms with Gasteiger partial charge in [-0.2, -0.15) is 11.8 Å². The summed E-state index contributed by atoms with van der Waals surface area (Å²) in [7, 11) is 0. The first-order valence-electron chi connectivity index (χ1n) is 4.66. The van der Waals surface area contributed by atoms with E-state index in [4.69, 9.17) is 5.73 Å². The summed E-state index contributed by atoms with van der Waals surface area (Å²) in [6, 6.07) is 0.459. The maximum absolute atomic E-state index is 5.92. The minimum atomic E-state index is 0.459. The van der Waals surface area contributed by atoms with Crippen LogP contribution in [0.15, 0.2) is 0 Å². The first-order chi connectivity index (χ1) is 5.33. The minimum Gasteiger partial charge on any atom is -0.327 e. The highest BCUT2D eigenvalue weighted by Gasteiger charge is 2.21. The highest BCUT2D eigenvalue weighted by Crippen LogP contribution is 2.33. The Morgan fingerprint density at radius 1 is 1.55 bits per heavy atom. The molecule has 1 nitrogen and oxygen atoms in total. The van der Waals surface area contributed by atoms with Crippen LogP contribution in [0.3, 0.4) is 0 Å². The Balaban J connectivity index is 1.87. The van der Waals surface area contributed by atoms with Crippen molar-refractivity contribution in [3.63, 3.8) is 0 Å². The van der Waals surface area contributed by atoms with Gasteiger partial charge in [0, 0.05) is 11.8 Å². The van der Waals surface area contributed by atoms with Gasteiger partial charge in [-0.3, -0.25) is 0 Å². The molecule has 0 amide bonds. The molecular weight excluding hydrogens is 154 g/mol. The lowest BCUT2D eigenvalue weighted by Gasteiger charge is -2.09. The third-order valence-electron chi connectivity index (χ3n) is 2.18. The standard InChI is InChI=1S/C9H19NS/c1-2-11-7-9(10)6-5-8-3-4-8/h8-9H,2-7,10H2,1H3. The van der Waals surface area contributed by atoms with Gasteiger partial charge in [0.25, 0.3) is 0 Å². The molecule has 0 heterocycles. The van der Waals surface area contributed by atoms with E-state index in [9.17, 15) is 0 Å². The van der Waals surface area contributed by atoms with Gasteiger partial charge in [-0.25, -0.2) is 0 Å². The van der Waals surface area contributed by atoms with Gasteiger partial charge in [0.05, 0.1) is 0 Å². The predicted octanol–water partition coefficient (Wildman–Crippen LogP) is 2.26. The fourth-order valence-electron chi connectivity index (χ4n) is 1.21. The highest BCUT2D eigenvalue weighted by atomic mass is 32.2. The molecule has 1 saturated carbocycles. The summed E-state index contributed by atoms with van der Waals surface area (Å²) in [5, 5.41) is 0. The van der Waals surface area contributed by atoms with Crippen LogP contribution in [0.2, 0.25) is 0 Å². The van der Waals surface area contributed by atoms with Crippen molar-refractivity contribution >= 4 is 11.8 Å². The van der Waals surface area contributed by atoms with Crippen molar-refractivity contribution in [2.75, 3.05) is 11.5 Å².